The Balaban J connectivity index is 2.08. The number of nitrogens with one attached hydrogen (secondary N) is 1. The minimum absolute atomic E-state index is 0.718. The molecule has 0 heterocycles. The van der Waals surface area contributed by atoms with Gasteiger partial charge in [-0.25, -0.2) is 0 Å². The lowest BCUT2D eigenvalue weighted by Gasteiger charge is -2.19. The van der Waals surface area contributed by atoms with E-state index in [1.165, 1.54) is 18.5 Å². The van der Waals surface area contributed by atoms with Crippen LogP contribution in [-0.2, 0) is 0 Å². The van der Waals surface area contributed by atoms with Crippen molar-refractivity contribution < 1.29 is 0 Å². The van der Waals surface area contributed by atoms with E-state index >= 15 is 0 Å². The fourth-order valence-electron chi connectivity index (χ4n) is 2.37. The average Bonchev–Trinajstić information content (AvgIpc) is 2.62. The molecule has 1 N–H and O–H groups in total. The molecule has 0 radical (unpaired) electrons. The maximum absolute atomic E-state index is 4.03. The van der Waals surface area contributed by atoms with Crippen LogP contribution in [0.25, 0.3) is 0 Å². The van der Waals surface area contributed by atoms with Gasteiger partial charge in [-0.1, -0.05) is 18.7 Å². The van der Waals surface area contributed by atoms with Gasteiger partial charge in [0.05, 0.1) is 0 Å². The van der Waals surface area contributed by atoms with E-state index in [9.17, 15) is 0 Å². The fraction of sp³-hybridized carbons (Fsp3) is 0.600. The molecule has 3 atom stereocenters. The highest BCUT2D eigenvalue weighted by atomic mass is 14.8. The lowest BCUT2D eigenvalue weighted by Crippen LogP contribution is -2.18. The third-order valence-corrected chi connectivity index (χ3v) is 3.05. The quantitative estimate of drug-likeness (QED) is 0.591. The van der Waals surface area contributed by atoms with E-state index in [0.717, 1.165) is 17.8 Å². The van der Waals surface area contributed by atoms with Crippen LogP contribution in [0.2, 0.25) is 0 Å². The molecule has 1 fully saturated rings. The summed E-state index contributed by atoms with van der Waals surface area (Å²) in [7, 11) is 1.97. The highest BCUT2D eigenvalue weighted by molar-refractivity contribution is 5.17. The molecule has 0 amide bonds. The molecule has 2 aliphatic rings. The zero-order valence-electron chi connectivity index (χ0n) is 7.01. The summed E-state index contributed by atoms with van der Waals surface area (Å²) < 4.78 is 0. The molecular weight excluding hydrogens is 134 g/mol. The normalized spacial score (nSPS) is 39.5. The van der Waals surface area contributed by atoms with Crippen LogP contribution in [0.5, 0.6) is 0 Å². The van der Waals surface area contributed by atoms with Crippen LogP contribution in [0, 0.1) is 17.8 Å². The molecule has 0 aliphatic heterocycles. The number of fused-ring (bicyclic) bond motifs is 2. The highest BCUT2D eigenvalue weighted by Gasteiger charge is 2.36. The Hall–Kier alpha value is -0.720. The first-order valence-electron chi connectivity index (χ1n) is 4.36. The van der Waals surface area contributed by atoms with Gasteiger partial charge >= 0.3 is 0 Å². The van der Waals surface area contributed by atoms with Crippen molar-refractivity contribution in [2.45, 2.75) is 12.8 Å². The second-order valence-electron chi connectivity index (χ2n) is 3.66. The Labute approximate surface area is 68.2 Å². The second-order valence-corrected chi connectivity index (χ2v) is 3.66. The van der Waals surface area contributed by atoms with E-state index in [4.69, 9.17) is 0 Å². The van der Waals surface area contributed by atoms with E-state index in [0.29, 0.717) is 0 Å². The van der Waals surface area contributed by atoms with Gasteiger partial charge in [-0.15, -0.1) is 0 Å². The van der Waals surface area contributed by atoms with Crippen LogP contribution < -0.4 is 5.32 Å². The number of rotatable bonds is 2. The predicted molar refractivity (Wildman–Crippen MR) is 47.0 cm³/mol. The van der Waals surface area contributed by atoms with Gasteiger partial charge in [0.1, 0.15) is 0 Å². The monoisotopic (exact) mass is 149 g/mol. The maximum atomic E-state index is 4.03. The van der Waals surface area contributed by atoms with Crippen molar-refractivity contribution in [3.05, 3.63) is 24.4 Å². The van der Waals surface area contributed by atoms with Gasteiger partial charge < -0.3 is 5.32 Å². The van der Waals surface area contributed by atoms with Crippen molar-refractivity contribution in [3.63, 3.8) is 0 Å². The summed E-state index contributed by atoms with van der Waals surface area (Å²) in [5.74, 6) is 2.37. The Kier molecular flexibility index (Phi) is 1.52. The van der Waals surface area contributed by atoms with Crippen molar-refractivity contribution in [2.24, 2.45) is 17.8 Å². The van der Waals surface area contributed by atoms with Gasteiger partial charge in [-0.2, -0.15) is 0 Å². The summed E-state index contributed by atoms with van der Waals surface area (Å²) in [6.07, 6.45) is 7.41. The fourth-order valence-corrected chi connectivity index (χ4v) is 2.37. The summed E-state index contributed by atoms with van der Waals surface area (Å²) >= 11 is 0. The summed E-state index contributed by atoms with van der Waals surface area (Å²) in [6.45, 7) is 4.03. The first-order chi connectivity index (χ1) is 5.31. The third-order valence-electron chi connectivity index (χ3n) is 3.05. The minimum atomic E-state index is 0.718. The van der Waals surface area contributed by atoms with Crippen LogP contribution in [-0.4, -0.2) is 7.05 Å². The molecule has 0 saturated heterocycles. The molecule has 0 spiro atoms. The van der Waals surface area contributed by atoms with Crippen molar-refractivity contribution in [2.75, 3.05) is 7.05 Å². The number of hydrogen-bond acceptors (Lipinski definition) is 1. The second kappa shape index (κ2) is 2.40. The highest BCUT2D eigenvalue weighted by Crippen LogP contribution is 2.45. The molecule has 0 aromatic rings. The number of hydrogen-bond donors (Lipinski definition) is 1. The van der Waals surface area contributed by atoms with E-state index in [1.54, 1.807) is 0 Å². The molecule has 60 valence electrons. The molecule has 2 bridgehead atoms. The SMILES string of the molecule is C=C(NC)C1CC2C=CC1C2. The van der Waals surface area contributed by atoms with Crippen molar-refractivity contribution >= 4 is 0 Å². The smallest absolute Gasteiger partial charge is 0.00687 e. The summed E-state index contributed by atoms with van der Waals surface area (Å²) in [5.41, 5.74) is 1.22. The van der Waals surface area contributed by atoms with E-state index in [2.05, 4.69) is 24.0 Å². The minimum Gasteiger partial charge on any atom is -0.392 e. The summed E-state index contributed by atoms with van der Waals surface area (Å²) in [5, 5.41) is 3.16. The molecule has 3 unspecified atom stereocenters. The molecule has 1 saturated carbocycles. The summed E-state index contributed by atoms with van der Waals surface area (Å²) in [6, 6.07) is 0. The van der Waals surface area contributed by atoms with Gasteiger partial charge in [-0.3, -0.25) is 0 Å². The predicted octanol–water partition coefficient (Wildman–Crippen LogP) is 1.93. The van der Waals surface area contributed by atoms with Crippen LogP contribution in [0.1, 0.15) is 12.8 Å². The molecular formula is C10H15N. The Morgan fingerprint density at radius 3 is 2.73 bits per heavy atom. The molecule has 2 aliphatic carbocycles. The molecule has 0 aromatic heterocycles. The molecule has 11 heavy (non-hydrogen) atoms. The molecule has 2 rings (SSSR count). The first-order valence-corrected chi connectivity index (χ1v) is 4.36. The van der Waals surface area contributed by atoms with Crippen molar-refractivity contribution in [1.82, 2.24) is 5.32 Å². The Morgan fingerprint density at radius 2 is 2.27 bits per heavy atom. The molecule has 1 nitrogen and oxygen atoms in total. The van der Waals surface area contributed by atoms with E-state index < -0.39 is 0 Å². The largest absolute Gasteiger partial charge is 0.392 e. The van der Waals surface area contributed by atoms with Crippen LogP contribution >= 0.6 is 0 Å². The number of allylic oxidation sites excluding steroid dienone is 3. The topological polar surface area (TPSA) is 12.0 Å². The standard InChI is InChI=1S/C10H15N/c1-7(11-2)10-6-8-3-4-9(10)5-8/h3-4,8-11H,1,5-6H2,2H3. The van der Waals surface area contributed by atoms with Gasteiger partial charge in [0.2, 0.25) is 0 Å². The van der Waals surface area contributed by atoms with E-state index in [1.807, 2.05) is 7.05 Å². The van der Waals surface area contributed by atoms with Gasteiger partial charge in [0.15, 0.2) is 0 Å². The molecule has 0 aromatic carbocycles. The zero-order chi connectivity index (χ0) is 7.84. The van der Waals surface area contributed by atoms with Crippen LogP contribution in [0.15, 0.2) is 24.4 Å². The first kappa shape index (κ1) is 6.96. The van der Waals surface area contributed by atoms with Crippen molar-refractivity contribution in [1.29, 1.82) is 0 Å². The third kappa shape index (κ3) is 0.991. The van der Waals surface area contributed by atoms with Gasteiger partial charge in [-0.05, 0) is 24.7 Å². The molecule has 1 heteroatoms. The Morgan fingerprint density at radius 1 is 1.45 bits per heavy atom. The lowest BCUT2D eigenvalue weighted by atomic mass is 9.91. The maximum Gasteiger partial charge on any atom is 0.00687 e. The van der Waals surface area contributed by atoms with Crippen LogP contribution in [0.3, 0.4) is 0 Å². The van der Waals surface area contributed by atoms with Crippen LogP contribution in [0.4, 0.5) is 0 Å². The van der Waals surface area contributed by atoms with E-state index in [-0.39, 0.29) is 0 Å². The zero-order valence-corrected chi connectivity index (χ0v) is 7.01. The lowest BCUT2D eigenvalue weighted by molar-refractivity contribution is 0.497. The van der Waals surface area contributed by atoms with Gasteiger partial charge in [0.25, 0.3) is 0 Å². The van der Waals surface area contributed by atoms with Crippen molar-refractivity contribution in [3.8, 4) is 0 Å². The van der Waals surface area contributed by atoms with Gasteiger partial charge in [0, 0.05) is 18.7 Å². The Bertz CT molecular complexity index is 205. The summed E-state index contributed by atoms with van der Waals surface area (Å²) in [4.78, 5) is 0. The average molecular weight is 149 g/mol.